The van der Waals surface area contributed by atoms with Crippen molar-refractivity contribution >= 4 is 11.8 Å². The summed E-state index contributed by atoms with van der Waals surface area (Å²) in [5, 5.41) is 6.05. The van der Waals surface area contributed by atoms with E-state index in [1.807, 2.05) is 27.7 Å². The summed E-state index contributed by atoms with van der Waals surface area (Å²) < 4.78 is 0. The van der Waals surface area contributed by atoms with Crippen LogP contribution in [0.1, 0.15) is 40.5 Å². The summed E-state index contributed by atoms with van der Waals surface area (Å²) in [6, 6.07) is 0.337. The maximum Gasteiger partial charge on any atom is 0.237 e. The first-order valence-corrected chi connectivity index (χ1v) is 8.32. The molecule has 126 valence electrons. The van der Waals surface area contributed by atoms with E-state index in [0.717, 1.165) is 39.0 Å². The third kappa shape index (κ3) is 5.57. The van der Waals surface area contributed by atoms with Crippen LogP contribution >= 0.6 is 0 Å². The monoisotopic (exact) mass is 310 g/mol. The normalized spacial score (nSPS) is 22.2. The van der Waals surface area contributed by atoms with Gasteiger partial charge in [0.2, 0.25) is 11.8 Å². The van der Waals surface area contributed by atoms with Gasteiger partial charge in [0.1, 0.15) is 0 Å². The predicted molar refractivity (Wildman–Crippen MR) is 86.5 cm³/mol. The second kappa shape index (κ2) is 6.96. The molecule has 6 heteroatoms. The van der Waals surface area contributed by atoms with Crippen molar-refractivity contribution < 1.29 is 9.59 Å². The van der Waals surface area contributed by atoms with Gasteiger partial charge in [0.15, 0.2) is 0 Å². The van der Waals surface area contributed by atoms with Gasteiger partial charge in [-0.2, -0.15) is 0 Å². The zero-order valence-electron chi connectivity index (χ0n) is 14.3. The van der Waals surface area contributed by atoms with E-state index in [9.17, 15) is 9.59 Å². The van der Waals surface area contributed by atoms with Crippen molar-refractivity contribution in [3.63, 3.8) is 0 Å². The van der Waals surface area contributed by atoms with Crippen LogP contribution in [-0.4, -0.2) is 72.0 Å². The number of nitrogens with zero attached hydrogens (tertiary/aromatic N) is 2. The predicted octanol–water partition coefficient (Wildman–Crippen LogP) is 0.186. The summed E-state index contributed by atoms with van der Waals surface area (Å²) in [6.07, 6.45) is 2.24. The minimum absolute atomic E-state index is 0.0699. The summed E-state index contributed by atoms with van der Waals surface area (Å²) in [5.41, 5.74) is -0.186. The lowest BCUT2D eigenvalue weighted by Gasteiger charge is -2.37. The molecule has 2 rings (SSSR count). The number of carbonyl (C=O) groups excluding carboxylic acids is 2. The van der Waals surface area contributed by atoms with Crippen molar-refractivity contribution in [3.05, 3.63) is 0 Å². The SMILES string of the molecule is CC(C(=O)NC1CC1)N1CCN(CC(=O)NC(C)(C)C)CC1. The molecule has 1 heterocycles. The molecule has 2 aliphatic rings. The fourth-order valence-corrected chi connectivity index (χ4v) is 2.68. The third-order valence-electron chi connectivity index (χ3n) is 4.14. The van der Waals surface area contributed by atoms with Crippen molar-refractivity contribution in [1.82, 2.24) is 20.4 Å². The Morgan fingerprint density at radius 2 is 1.73 bits per heavy atom. The topological polar surface area (TPSA) is 64.7 Å². The highest BCUT2D eigenvalue weighted by Crippen LogP contribution is 2.19. The molecule has 1 aliphatic heterocycles. The molecule has 1 atom stereocenters. The van der Waals surface area contributed by atoms with Crippen molar-refractivity contribution in [2.24, 2.45) is 0 Å². The molecule has 2 amide bonds. The van der Waals surface area contributed by atoms with Crippen LogP contribution in [0.15, 0.2) is 0 Å². The first kappa shape index (κ1) is 17.2. The highest BCUT2D eigenvalue weighted by atomic mass is 16.2. The Bertz CT molecular complexity index is 407. The molecular formula is C16H30N4O2. The molecule has 0 aromatic carbocycles. The van der Waals surface area contributed by atoms with E-state index in [2.05, 4.69) is 20.4 Å². The van der Waals surface area contributed by atoms with E-state index in [4.69, 9.17) is 0 Å². The second-order valence-electron chi connectivity index (χ2n) is 7.57. The Labute approximate surface area is 133 Å². The molecule has 0 aromatic rings. The molecule has 0 aromatic heterocycles. The van der Waals surface area contributed by atoms with Crippen LogP contribution in [0.4, 0.5) is 0 Å². The van der Waals surface area contributed by atoms with E-state index in [-0.39, 0.29) is 23.4 Å². The molecule has 1 saturated carbocycles. The number of nitrogens with one attached hydrogen (secondary N) is 2. The van der Waals surface area contributed by atoms with Gasteiger partial charge in [-0.3, -0.25) is 19.4 Å². The molecule has 1 saturated heterocycles. The second-order valence-corrected chi connectivity index (χ2v) is 7.57. The van der Waals surface area contributed by atoms with Gasteiger partial charge in [0.25, 0.3) is 0 Å². The minimum Gasteiger partial charge on any atom is -0.352 e. The van der Waals surface area contributed by atoms with Crippen LogP contribution in [0.5, 0.6) is 0 Å². The Kier molecular flexibility index (Phi) is 5.45. The Hall–Kier alpha value is -1.14. The van der Waals surface area contributed by atoms with Crippen LogP contribution < -0.4 is 10.6 Å². The number of hydrogen-bond donors (Lipinski definition) is 2. The number of rotatable bonds is 5. The van der Waals surface area contributed by atoms with E-state index < -0.39 is 0 Å². The highest BCUT2D eigenvalue weighted by molar-refractivity contribution is 5.82. The smallest absolute Gasteiger partial charge is 0.237 e. The van der Waals surface area contributed by atoms with E-state index in [0.29, 0.717) is 12.6 Å². The lowest BCUT2D eigenvalue weighted by molar-refractivity contribution is -0.128. The first-order chi connectivity index (χ1) is 10.2. The molecular weight excluding hydrogens is 280 g/mol. The fourth-order valence-electron chi connectivity index (χ4n) is 2.68. The number of hydrogen-bond acceptors (Lipinski definition) is 4. The highest BCUT2D eigenvalue weighted by Gasteiger charge is 2.30. The van der Waals surface area contributed by atoms with Crippen molar-refractivity contribution in [3.8, 4) is 0 Å². The quantitative estimate of drug-likeness (QED) is 0.761. The molecule has 2 N–H and O–H groups in total. The van der Waals surface area contributed by atoms with Gasteiger partial charge in [-0.05, 0) is 40.5 Å². The molecule has 1 aliphatic carbocycles. The van der Waals surface area contributed by atoms with Crippen molar-refractivity contribution in [2.75, 3.05) is 32.7 Å². The van der Waals surface area contributed by atoms with Crippen LogP contribution in [0.25, 0.3) is 0 Å². The van der Waals surface area contributed by atoms with Gasteiger partial charge < -0.3 is 10.6 Å². The summed E-state index contributed by atoms with van der Waals surface area (Å²) in [5.74, 6) is 0.210. The molecule has 0 spiro atoms. The van der Waals surface area contributed by atoms with Crippen LogP contribution in [0, 0.1) is 0 Å². The van der Waals surface area contributed by atoms with Gasteiger partial charge in [-0.15, -0.1) is 0 Å². The average Bonchev–Trinajstić information content (AvgIpc) is 3.20. The van der Waals surface area contributed by atoms with E-state index in [1.165, 1.54) is 0 Å². The molecule has 6 nitrogen and oxygen atoms in total. The zero-order valence-corrected chi connectivity index (χ0v) is 14.3. The Balaban J connectivity index is 1.70. The van der Waals surface area contributed by atoms with E-state index >= 15 is 0 Å². The molecule has 1 unspecified atom stereocenters. The number of piperazine rings is 1. The maximum atomic E-state index is 12.1. The Morgan fingerprint density at radius 3 is 2.23 bits per heavy atom. The van der Waals surface area contributed by atoms with Crippen molar-refractivity contribution in [2.45, 2.75) is 58.2 Å². The van der Waals surface area contributed by atoms with Gasteiger partial charge in [0, 0.05) is 37.8 Å². The molecule has 22 heavy (non-hydrogen) atoms. The third-order valence-corrected chi connectivity index (χ3v) is 4.14. The van der Waals surface area contributed by atoms with Gasteiger partial charge in [-0.1, -0.05) is 0 Å². The van der Waals surface area contributed by atoms with Gasteiger partial charge >= 0.3 is 0 Å². The lowest BCUT2D eigenvalue weighted by atomic mass is 10.1. The maximum absolute atomic E-state index is 12.1. The average molecular weight is 310 g/mol. The largest absolute Gasteiger partial charge is 0.352 e. The standard InChI is InChI=1S/C16H30N4O2/c1-12(15(22)17-13-5-6-13)20-9-7-19(8-10-20)11-14(21)18-16(2,3)4/h12-13H,5-11H2,1-4H3,(H,17,22)(H,18,21). The summed E-state index contributed by atoms with van der Waals surface area (Å²) in [7, 11) is 0. The summed E-state index contributed by atoms with van der Waals surface area (Å²) >= 11 is 0. The van der Waals surface area contributed by atoms with Crippen LogP contribution in [0.2, 0.25) is 0 Å². The molecule has 0 bridgehead atoms. The Morgan fingerprint density at radius 1 is 1.14 bits per heavy atom. The van der Waals surface area contributed by atoms with Crippen LogP contribution in [0.3, 0.4) is 0 Å². The lowest BCUT2D eigenvalue weighted by Crippen LogP contribution is -2.56. The number of amides is 2. The zero-order chi connectivity index (χ0) is 16.3. The van der Waals surface area contributed by atoms with Crippen LogP contribution in [-0.2, 0) is 9.59 Å². The van der Waals surface area contributed by atoms with Gasteiger partial charge in [0.05, 0.1) is 12.6 Å². The molecule has 2 fully saturated rings. The summed E-state index contributed by atoms with van der Waals surface area (Å²) in [4.78, 5) is 28.4. The summed E-state index contributed by atoms with van der Waals surface area (Å²) in [6.45, 7) is 11.7. The number of carbonyl (C=O) groups is 2. The van der Waals surface area contributed by atoms with E-state index in [1.54, 1.807) is 0 Å². The molecule has 0 radical (unpaired) electrons. The van der Waals surface area contributed by atoms with Crippen molar-refractivity contribution in [1.29, 1.82) is 0 Å². The first-order valence-electron chi connectivity index (χ1n) is 8.32. The van der Waals surface area contributed by atoms with Gasteiger partial charge in [-0.25, -0.2) is 0 Å². The minimum atomic E-state index is -0.186. The fraction of sp³-hybridized carbons (Fsp3) is 0.875.